The van der Waals surface area contributed by atoms with Crippen molar-refractivity contribution in [3.63, 3.8) is 0 Å². The Hall–Kier alpha value is -2.87. The number of anilines is 1. The summed E-state index contributed by atoms with van der Waals surface area (Å²) in [5.41, 5.74) is 4.26. The molecule has 0 saturated carbocycles. The summed E-state index contributed by atoms with van der Waals surface area (Å²) < 4.78 is 26.3. The minimum atomic E-state index is -3.74. The number of carbonyl (C=O) groups excluding carboxylic acids is 2. The highest BCUT2D eigenvalue weighted by Gasteiger charge is 2.30. The Morgan fingerprint density at radius 1 is 0.939 bits per heavy atom. The van der Waals surface area contributed by atoms with Gasteiger partial charge >= 0.3 is 0 Å². The van der Waals surface area contributed by atoms with Crippen LogP contribution in [0.3, 0.4) is 0 Å². The zero-order valence-electron chi connectivity index (χ0n) is 20.5. The highest BCUT2D eigenvalue weighted by Crippen LogP contribution is 2.22. The smallest absolute Gasteiger partial charge is 0.244 e. The number of hydrogen-bond acceptors (Lipinski definition) is 4. The zero-order valence-corrected chi connectivity index (χ0v) is 21.4. The quantitative estimate of drug-likeness (QED) is 0.605. The molecule has 2 aromatic rings. The SMILES string of the molecule is Cc1ccc(N(CC(=O)N(Cc2ccccc2C)C(C)C(=O)NC(C)C)S(C)(=O)=O)cc1C. The van der Waals surface area contributed by atoms with E-state index in [1.165, 1.54) is 4.90 Å². The Morgan fingerprint density at radius 3 is 2.12 bits per heavy atom. The molecule has 0 bridgehead atoms. The molecule has 0 radical (unpaired) electrons. The number of sulfonamides is 1. The molecule has 0 heterocycles. The van der Waals surface area contributed by atoms with Crippen molar-refractivity contribution in [1.29, 1.82) is 0 Å². The molecule has 1 unspecified atom stereocenters. The number of amides is 2. The predicted octanol–water partition coefficient (Wildman–Crippen LogP) is 3.32. The van der Waals surface area contributed by atoms with Gasteiger partial charge in [0.15, 0.2) is 0 Å². The number of benzene rings is 2. The van der Waals surface area contributed by atoms with Crippen molar-refractivity contribution < 1.29 is 18.0 Å². The zero-order chi connectivity index (χ0) is 24.9. The van der Waals surface area contributed by atoms with E-state index < -0.39 is 28.5 Å². The molecule has 2 amide bonds. The molecule has 0 saturated heterocycles. The lowest BCUT2D eigenvalue weighted by Crippen LogP contribution is -2.52. The molecule has 0 aliphatic rings. The molecule has 0 aliphatic carbocycles. The fourth-order valence-electron chi connectivity index (χ4n) is 3.45. The Labute approximate surface area is 197 Å². The molecule has 2 rings (SSSR count). The van der Waals surface area contributed by atoms with Gasteiger partial charge in [-0.2, -0.15) is 0 Å². The van der Waals surface area contributed by atoms with Crippen molar-refractivity contribution in [3.8, 4) is 0 Å². The summed E-state index contributed by atoms with van der Waals surface area (Å²) in [6, 6.07) is 12.0. The van der Waals surface area contributed by atoms with E-state index in [4.69, 9.17) is 0 Å². The third kappa shape index (κ3) is 7.05. The van der Waals surface area contributed by atoms with Gasteiger partial charge in [0, 0.05) is 12.6 Å². The summed E-state index contributed by atoms with van der Waals surface area (Å²) in [6.45, 7) is 10.9. The third-order valence-electron chi connectivity index (χ3n) is 5.66. The van der Waals surface area contributed by atoms with Crippen molar-refractivity contribution in [3.05, 3.63) is 64.7 Å². The monoisotopic (exact) mass is 473 g/mol. The highest BCUT2D eigenvalue weighted by atomic mass is 32.2. The number of rotatable bonds is 9. The van der Waals surface area contributed by atoms with Crippen LogP contribution in [0, 0.1) is 20.8 Å². The second-order valence-corrected chi connectivity index (χ2v) is 10.7. The standard InChI is InChI=1S/C25H35N3O4S/c1-17(2)26-25(30)21(6)27(15-22-11-9-8-10-19(22)4)24(29)16-28(33(7,31)32)23-13-12-18(3)20(5)14-23/h8-14,17,21H,15-16H2,1-7H3,(H,26,30). The molecule has 0 aliphatic heterocycles. The second-order valence-electron chi connectivity index (χ2n) is 8.83. The molecule has 180 valence electrons. The lowest BCUT2D eigenvalue weighted by atomic mass is 10.1. The summed E-state index contributed by atoms with van der Waals surface area (Å²) >= 11 is 0. The van der Waals surface area contributed by atoms with Crippen molar-refractivity contribution in [2.24, 2.45) is 0 Å². The van der Waals surface area contributed by atoms with E-state index in [0.717, 1.165) is 32.8 Å². The molecular formula is C25H35N3O4S. The van der Waals surface area contributed by atoms with Crippen LogP contribution in [0.2, 0.25) is 0 Å². The van der Waals surface area contributed by atoms with Gasteiger partial charge in [0.2, 0.25) is 21.8 Å². The first-order valence-corrected chi connectivity index (χ1v) is 12.9. The van der Waals surface area contributed by atoms with Gasteiger partial charge in [0.25, 0.3) is 0 Å². The second kappa shape index (κ2) is 10.8. The molecular weight excluding hydrogens is 438 g/mol. The van der Waals surface area contributed by atoms with E-state index in [-0.39, 0.29) is 18.5 Å². The molecule has 1 N–H and O–H groups in total. The van der Waals surface area contributed by atoms with Crippen LogP contribution < -0.4 is 9.62 Å². The van der Waals surface area contributed by atoms with Crippen LogP contribution in [0.15, 0.2) is 42.5 Å². The molecule has 8 heteroatoms. The third-order valence-corrected chi connectivity index (χ3v) is 6.80. The van der Waals surface area contributed by atoms with E-state index in [1.807, 2.05) is 65.0 Å². The van der Waals surface area contributed by atoms with Gasteiger partial charge in [-0.3, -0.25) is 13.9 Å². The average Bonchev–Trinajstić information content (AvgIpc) is 2.71. The molecule has 7 nitrogen and oxygen atoms in total. The Kier molecular flexibility index (Phi) is 8.66. The number of nitrogens with zero attached hydrogens (tertiary/aromatic N) is 2. The van der Waals surface area contributed by atoms with Crippen LogP contribution in [0.4, 0.5) is 5.69 Å². The number of carbonyl (C=O) groups is 2. The maximum Gasteiger partial charge on any atom is 0.244 e. The fraction of sp³-hybridized carbons (Fsp3) is 0.440. The van der Waals surface area contributed by atoms with Gasteiger partial charge < -0.3 is 10.2 Å². The predicted molar refractivity (Wildman–Crippen MR) is 133 cm³/mol. The molecule has 0 spiro atoms. The Morgan fingerprint density at radius 2 is 1.58 bits per heavy atom. The van der Waals surface area contributed by atoms with Crippen LogP contribution >= 0.6 is 0 Å². The van der Waals surface area contributed by atoms with Crippen molar-refractivity contribution in [1.82, 2.24) is 10.2 Å². The molecule has 0 aromatic heterocycles. The Balaban J connectivity index is 2.43. The number of hydrogen-bond donors (Lipinski definition) is 1. The van der Waals surface area contributed by atoms with Gasteiger partial charge in [-0.05, 0) is 75.9 Å². The van der Waals surface area contributed by atoms with Crippen LogP contribution in [0.5, 0.6) is 0 Å². The van der Waals surface area contributed by atoms with Gasteiger partial charge in [-0.1, -0.05) is 30.3 Å². The maximum atomic E-state index is 13.5. The first kappa shape index (κ1) is 26.4. The van der Waals surface area contributed by atoms with E-state index in [2.05, 4.69) is 5.32 Å². The van der Waals surface area contributed by atoms with Crippen LogP contribution in [0.25, 0.3) is 0 Å². The molecule has 2 aromatic carbocycles. The Bertz CT molecular complexity index is 1110. The number of aryl methyl sites for hydroxylation is 3. The summed E-state index contributed by atoms with van der Waals surface area (Å²) in [6.07, 6.45) is 1.08. The van der Waals surface area contributed by atoms with Crippen LogP contribution in [-0.4, -0.2) is 50.0 Å². The first-order valence-electron chi connectivity index (χ1n) is 11.0. The highest BCUT2D eigenvalue weighted by molar-refractivity contribution is 7.92. The van der Waals surface area contributed by atoms with Gasteiger partial charge in [0.1, 0.15) is 12.6 Å². The normalized spacial score (nSPS) is 12.4. The summed E-state index contributed by atoms with van der Waals surface area (Å²) in [4.78, 5) is 27.7. The van der Waals surface area contributed by atoms with Gasteiger partial charge in [-0.15, -0.1) is 0 Å². The van der Waals surface area contributed by atoms with E-state index in [0.29, 0.717) is 5.69 Å². The minimum absolute atomic E-state index is 0.0848. The maximum absolute atomic E-state index is 13.5. The molecule has 33 heavy (non-hydrogen) atoms. The molecule has 0 fully saturated rings. The fourth-order valence-corrected chi connectivity index (χ4v) is 4.29. The first-order chi connectivity index (χ1) is 15.3. The minimum Gasteiger partial charge on any atom is -0.352 e. The number of nitrogens with one attached hydrogen (secondary N) is 1. The van der Waals surface area contributed by atoms with Gasteiger partial charge in [0.05, 0.1) is 11.9 Å². The van der Waals surface area contributed by atoms with Crippen LogP contribution in [0.1, 0.15) is 43.0 Å². The van der Waals surface area contributed by atoms with Crippen molar-refractivity contribution in [2.45, 2.75) is 60.2 Å². The average molecular weight is 474 g/mol. The summed E-state index contributed by atoms with van der Waals surface area (Å²) in [7, 11) is -3.74. The largest absolute Gasteiger partial charge is 0.352 e. The molecule has 1 atom stereocenters. The van der Waals surface area contributed by atoms with Crippen molar-refractivity contribution >= 4 is 27.5 Å². The van der Waals surface area contributed by atoms with E-state index in [9.17, 15) is 18.0 Å². The van der Waals surface area contributed by atoms with Crippen LogP contribution in [-0.2, 0) is 26.2 Å². The summed E-state index contributed by atoms with van der Waals surface area (Å²) in [5, 5.41) is 2.84. The lowest BCUT2D eigenvalue weighted by molar-refractivity contribution is -0.139. The lowest BCUT2D eigenvalue weighted by Gasteiger charge is -2.32. The van der Waals surface area contributed by atoms with Gasteiger partial charge in [-0.25, -0.2) is 8.42 Å². The van der Waals surface area contributed by atoms with Crippen molar-refractivity contribution in [2.75, 3.05) is 17.1 Å². The topological polar surface area (TPSA) is 86.8 Å². The van der Waals surface area contributed by atoms with E-state index >= 15 is 0 Å². The summed E-state index contributed by atoms with van der Waals surface area (Å²) in [5.74, 6) is -0.739. The van der Waals surface area contributed by atoms with E-state index in [1.54, 1.807) is 19.1 Å².